The van der Waals surface area contributed by atoms with E-state index >= 15 is 0 Å². The van der Waals surface area contributed by atoms with E-state index in [9.17, 15) is 45.4 Å². The van der Waals surface area contributed by atoms with Gasteiger partial charge in [0.05, 0.1) is 17.2 Å². The summed E-state index contributed by atoms with van der Waals surface area (Å²) in [6.07, 6.45) is -8.21. The van der Waals surface area contributed by atoms with Crippen LogP contribution in [0.5, 0.6) is 5.88 Å². The molecule has 0 spiro atoms. The van der Waals surface area contributed by atoms with E-state index in [0.29, 0.717) is 48.5 Å². The first-order valence-corrected chi connectivity index (χ1v) is 14.3. The molecule has 2 fully saturated rings. The van der Waals surface area contributed by atoms with Crippen molar-refractivity contribution in [3.05, 3.63) is 71.2 Å². The van der Waals surface area contributed by atoms with Gasteiger partial charge in [0.1, 0.15) is 5.82 Å². The molecule has 0 saturated carbocycles. The van der Waals surface area contributed by atoms with E-state index in [2.05, 4.69) is 4.98 Å². The van der Waals surface area contributed by atoms with Crippen molar-refractivity contribution >= 4 is 23.6 Å². The van der Waals surface area contributed by atoms with Crippen molar-refractivity contribution in [1.82, 2.24) is 14.8 Å². The number of oxazole rings is 1. The Morgan fingerprint density at radius 3 is 2.04 bits per heavy atom. The summed E-state index contributed by atoms with van der Waals surface area (Å²) < 4.78 is 99.9. The lowest BCUT2D eigenvalue weighted by molar-refractivity contribution is -0.143. The van der Waals surface area contributed by atoms with Crippen molar-refractivity contribution in [2.24, 2.45) is 5.92 Å². The Bertz CT molecular complexity index is 1540. The van der Waals surface area contributed by atoms with Gasteiger partial charge in [0.2, 0.25) is 5.91 Å². The standard InChI is InChI=1S/C30H30F7N5O4/c1-39(22-12-19(29(32,33)34)11-20(13-22)30(35,36)37)28(45)40(2)24-15-42(14-23(24)17-3-5-21(31)6-4-17)26(44)18-7-9-41(10-8-18)27-38-25(43)16-46-27/h3-6,11-13,16,18,23-24,43H,7-10,14-15H2,1-2H3. The summed E-state index contributed by atoms with van der Waals surface area (Å²) in [5.41, 5.74) is -3.14. The molecule has 3 aromatic rings. The lowest BCUT2D eigenvalue weighted by Crippen LogP contribution is -2.48. The van der Waals surface area contributed by atoms with Crippen LogP contribution in [0.25, 0.3) is 0 Å². The first kappa shape index (κ1) is 32.9. The smallest absolute Gasteiger partial charge is 0.416 e. The third-order valence-corrected chi connectivity index (χ3v) is 8.54. The molecule has 2 saturated heterocycles. The van der Waals surface area contributed by atoms with Gasteiger partial charge in [-0.1, -0.05) is 12.1 Å². The molecule has 2 unspecified atom stereocenters. The third-order valence-electron chi connectivity index (χ3n) is 8.54. The topological polar surface area (TPSA) is 93.4 Å². The van der Waals surface area contributed by atoms with E-state index in [1.807, 2.05) is 0 Å². The summed E-state index contributed by atoms with van der Waals surface area (Å²) in [4.78, 5) is 36.4. The quantitative estimate of drug-likeness (QED) is 0.341. The summed E-state index contributed by atoms with van der Waals surface area (Å²) in [6, 6.07) is 4.97. The molecule has 248 valence electrons. The van der Waals surface area contributed by atoms with Crippen LogP contribution in [0.15, 0.2) is 53.1 Å². The summed E-state index contributed by atoms with van der Waals surface area (Å²) in [6.45, 7) is 1.03. The van der Waals surface area contributed by atoms with Crippen LogP contribution < -0.4 is 9.80 Å². The van der Waals surface area contributed by atoms with Crippen molar-refractivity contribution in [2.45, 2.75) is 37.2 Å². The Balaban J connectivity index is 1.37. The van der Waals surface area contributed by atoms with Gasteiger partial charge in [0, 0.05) is 57.8 Å². The monoisotopic (exact) mass is 657 g/mol. The highest BCUT2D eigenvalue weighted by atomic mass is 19.4. The third kappa shape index (κ3) is 6.84. The first-order valence-electron chi connectivity index (χ1n) is 14.3. The van der Waals surface area contributed by atoms with Crippen LogP contribution in [0.1, 0.15) is 35.4 Å². The Kier molecular flexibility index (Phi) is 8.84. The van der Waals surface area contributed by atoms with Crippen LogP contribution in [0.4, 0.5) is 47.2 Å². The number of hydrogen-bond acceptors (Lipinski definition) is 6. The lowest BCUT2D eigenvalue weighted by atomic mass is 9.93. The zero-order valence-electron chi connectivity index (χ0n) is 24.6. The Hall–Kier alpha value is -4.50. The van der Waals surface area contributed by atoms with Gasteiger partial charge >= 0.3 is 24.4 Å². The van der Waals surface area contributed by atoms with Gasteiger partial charge in [0.15, 0.2) is 6.26 Å². The van der Waals surface area contributed by atoms with Gasteiger partial charge in [-0.2, -0.15) is 31.3 Å². The molecule has 0 bridgehead atoms. The largest absolute Gasteiger partial charge is 0.491 e. The number of amides is 3. The second-order valence-electron chi connectivity index (χ2n) is 11.4. The second-order valence-corrected chi connectivity index (χ2v) is 11.4. The molecule has 5 rings (SSSR count). The summed E-state index contributed by atoms with van der Waals surface area (Å²) in [5, 5.41) is 9.46. The zero-order chi connectivity index (χ0) is 33.6. The van der Waals surface area contributed by atoms with Crippen LogP contribution in [0.3, 0.4) is 0 Å². The molecule has 2 atom stereocenters. The number of likely N-dealkylation sites (N-methyl/N-ethyl adjacent to an activating group) is 1. The molecule has 16 heteroatoms. The molecular formula is C30H30F7N5O4. The van der Waals surface area contributed by atoms with Gasteiger partial charge in [-0.15, -0.1) is 0 Å². The van der Waals surface area contributed by atoms with Gasteiger partial charge in [0.25, 0.3) is 5.88 Å². The maximum atomic E-state index is 13.8. The number of anilines is 2. The predicted octanol–water partition coefficient (Wildman–Crippen LogP) is 5.96. The van der Waals surface area contributed by atoms with Gasteiger partial charge in [-0.3, -0.25) is 9.69 Å². The molecule has 1 N–H and O–H groups in total. The Labute approximate surface area is 258 Å². The van der Waals surface area contributed by atoms with Crippen molar-refractivity contribution in [2.75, 3.05) is 50.1 Å². The van der Waals surface area contributed by atoms with Crippen molar-refractivity contribution < 1.29 is 49.8 Å². The highest BCUT2D eigenvalue weighted by Gasteiger charge is 2.43. The van der Waals surface area contributed by atoms with Gasteiger partial charge in [-0.05, 0) is 48.7 Å². The van der Waals surface area contributed by atoms with E-state index in [0.717, 1.165) is 13.3 Å². The van der Waals surface area contributed by atoms with Crippen molar-refractivity contribution in [3.63, 3.8) is 0 Å². The number of hydrogen-bond donors (Lipinski definition) is 1. The molecule has 1 aromatic heterocycles. The average Bonchev–Trinajstić information content (AvgIpc) is 3.66. The number of halogens is 7. The molecule has 9 nitrogen and oxygen atoms in total. The minimum atomic E-state index is -5.10. The van der Waals surface area contributed by atoms with Crippen LogP contribution in [0.2, 0.25) is 0 Å². The lowest BCUT2D eigenvalue weighted by Gasteiger charge is -2.33. The van der Waals surface area contributed by atoms with Gasteiger partial charge in [-0.25, -0.2) is 9.18 Å². The van der Waals surface area contributed by atoms with Gasteiger partial charge < -0.3 is 24.2 Å². The number of benzene rings is 2. The fourth-order valence-corrected chi connectivity index (χ4v) is 5.99. The number of likely N-dealkylation sites (tertiary alicyclic amines) is 1. The summed E-state index contributed by atoms with van der Waals surface area (Å²) >= 11 is 0. The van der Waals surface area contributed by atoms with E-state index in [1.54, 1.807) is 9.80 Å². The molecular weight excluding hydrogens is 627 g/mol. The fraction of sp³-hybridized carbons (Fsp3) is 0.433. The number of piperidine rings is 1. The van der Waals surface area contributed by atoms with Crippen LogP contribution in [-0.2, 0) is 17.1 Å². The Morgan fingerprint density at radius 2 is 1.52 bits per heavy atom. The van der Waals surface area contributed by atoms with Crippen molar-refractivity contribution in [1.29, 1.82) is 0 Å². The number of alkyl halides is 6. The Morgan fingerprint density at radius 1 is 0.935 bits per heavy atom. The predicted molar refractivity (Wildman–Crippen MR) is 151 cm³/mol. The minimum absolute atomic E-state index is 0.0178. The van der Waals surface area contributed by atoms with E-state index in [1.165, 1.54) is 36.2 Å². The zero-order valence-corrected chi connectivity index (χ0v) is 24.6. The number of carbonyl (C=O) groups is 2. The first-order chi connectivity index (χ1) is 21.5. The molecule has 2 aliphatic rings. The van der Waals surface area contributed by atoms with Crippen molar-refractivity contribution in [3.8, 4) is 5.88 Å². The second kappa shape index (κ2) is 12.4. The molecule has 2 aliphatic heterocycles. The van der Waals surface area contributed by atoms with E-state index in [4.69, 9.17) is 4.42 Å². The number of urea groups is 1. The number of aromatic hydroxyl groups is 1. The maximum Gasteiger partial charge on any atom is 0.416 e. The number of aromatic nitrogens is 1. The molecule has 0 radical (unpaired) electrons. The highest BCUT2D eigenvalue weighted by molar-refractivity contribution is 5.92. The summed E-state index contributed by atoms with van der Waals surface area (Å²) in [5.74, 6) is -1.88. The number of rotatable bonds is 5. The average molecular weight is 658 g/mol. The summed E-state index contributed by atoms with van der Waals surface area (Å²) in [7, 11) is 2.43. The molecule has 3 amide bonds. The van der Waals surface area contributed by atoms with E-state index in [-0.39, 0.29) is 42.9 Å². The van der Waals surface area contributed by atoms with Crippen LogP contribution in [-0.4, -0.2) is 78.1 Å². The number of carbonyl (C=O) groups excluding carboxylic acids is 2. The highest BCUT2D eigenvalue weighted by Crippen LogP contribution is 2.39. The molecule has 46 heavy (non-hydrogen) atoms. The minimum Gasteiger partial charge on any atom is -0.491 e. The van der Waals surface area contributed by atoms with Crippen LogP contribution >= 0.6 is 0 Å². The molecule has 3 heterocycles. The normalized spacial score (nSPS) is 19.4. The van der Waals surface area contributed by atoms with Crippen LogP contribution in [0, 0.1) is 11.7 Å². The molecule has 2 aromatic carbocycles. The van der Waals surface area contributed by atoms with E-state index < -0.39 is 53.0 Å². The SMILES string of the molecule is CN(C(=O)N(C)C1CN(C(=O)C2CCN(c3nc(O)co3)CC2)CC1c1ccc(F)cc1)c1cc(C(F)(F)F)cc(C(F)(F)F)c1. The molecule has 0 aliphatic carbocycles. The number of nitrogens with zero attached hydrogens (tertiary/aromatic N) is 5. The fourth-order valence-electron chi connectivity index (χ4n) is 5.99. The maximum absolute atomic E-state index is 13.8.